The molecule has 0 unspecified atom stereocenters. The summed E-state index contributed by atoms with van der Waals surface area (Å²) in [5, 5.41) is 16.5. The molecule has 0 atom stereocenters. The average Bonchev–Trinajstić information content (AvgIpc) is 2.95. The zero-order valence-corrected chi connectivity index (χ0v) is 15.3. The monoisotopic (exact) mass is 383 g/mol. The molecule has 1 aromatic heterocycles. The summed E-state index contributed by atoms with van der Waals surface area (Å²) >= 11 is 11.9. The number of nitrogens with one attached hydrogen (secondary N) is 1. The number of amides is 1. The number of benzene rings is 1. The Labute approximate surface area is 155 Å². The summed E-state index contributed by atoms with van der Waals surface area (Å²) in [7, 11) is 0. The first-order chi connectivity index (χ1) is 11.9. The number of aryl methyl sites for hydroxylation is 1. The van der Waals surface area contributed by atoms with E-state index in [0.717, 1.165) is 24.2 Å². The standard InChI is InChI=1S/C17H19Cl2N3O3/c1-11-9-15(17(25)20-8-4-2-3-5-16(23)24)21-22(11)12-6-7-13(18)14(19)10-12/h6-7,9-10H,2-5,8H2,1H3,(H,20,25)(H,23,24). The molecule has 0 aliphatic carbocycles. The number of carbonyl (C=O) groups is 2. The van der Waals surface area contributed by atoms with Gasteiger partial charge in [-0.2, -0.15) is 5.10 Å². The van der Waals surface area contributed by atoms with Gasteiger partial charge in [-0.3, -0.25) is 9.59 Å². The van der Waals surface area contributed by atoms with Gasteiger partial charge in [0.15, 0.2) is 5.69 Å². The molecule has 0 aliphatic heterocycles. The van der Waals surface area contributed by atoms with Gasteiger partial charge in [-0.25, -0.2) is 4.68 Å². The van der Waals surface area contributed by atoms with E-state index in [9.17, 15) is 9.59 Å². The first-order valence-corrected chi connectivity index (χ1v) is 8.66. The van der Waals surface area contributed by atoms with E-state index < -0.39 is 5.97 Å². The molecule has 0 aliphatic rings. The van der Waals surface area contributed by atoms with Crippen LogP contribution in [0, 0.1) is 6.92 Å². The van der Waals surface area contributed by atoms with Gasteiger partial charge in [0.05, 0.1) is 15.7 Å². The van der Waals surface area contributed by atoms with Crippen LogP contribution in [0.5, 0.6) is 0 Å². The number of carboxylic acids is 1. The van der Waals surface area contributed by atoms with Gasteiger partial charge in [0.2, 0.25) is 0 Å². The van der Waals surface area contributed by atoms with Crippen molar-refractivity contribution in [3.05, 3.63) is 45.7 Å². The number of hydrogen-bond acceptors (Lipinski definition) is 3. The summed E-state index contributed by atoms with van der Waals surface area (Å²) in [5.41, 5.74) is 1.83. The number of carboxylic acid groups (broad SMARTS) is 1. The van der Waals surface area contributed by atoms with Crippen LogP contribution in [0.1, 0.15) is 41.9 Å². The Morgan fingerprint density at radius 1 is 1.16 bits per heavy atom. The molecular formula is C17H19Cl2N3O3. The number of halogens is 2. The van der Waals surface area contributed by atoms with Gasteiger partial charge < -0.3 is 10.4 Å². The van der Waals surface area contributed by atoms with Crippen molar-refractivity contribution in [3.63, 3.8) is 0 Å². The molecule has 134 valence electrons. The number of aromatic nitrogens is 2. The molecule has 1 aromatic carbocycles. The lowest BCUT2D eigenvalue weighted by molar-refractivity contribution is -0.137. The van der Waals surface area contributed by atoms with Crippen LogP contribution in [0.3, 0.4) is 0 Å². The summed E-state index contributed by atoms with van der Waals surface area (Å²) < 4.78 is 1.63. The SMILES string of the molecule is Cc1cc(C(=O)NCCCCCC(=O)O)nn1-c1ccc(Cl)c(Cl)c1. The number of unbranched alkanes of at least 4 members (excludes halogenated alkanes) is 2. The fraction of sp³-hybridized carbons (Fsp3) is 0.353. The third-order valence-corrected chi connectivity index (χ3v) is 4.36. The molecule has 1 amide bonds. The fourth-order valence-corrected chi connectivity index (χ4v) is 2.63. The summed E-state index contributed by atoms with van der Waals surface area (Å²) in [5.74, 6) is -1.06. The van der Waals surface area contributed by atoms with E-state index in [1.54, 1.807) is 28.9 Å². The Bertz CT molecular complexity index is 774. The second-order valence-electron chi connectivity index (χ2n) is 5.64. The average molecular weight is 384 g/mol. The number of hydrogen-bond donors (Lipinski definition) is 2. The topological polar surface area (TPSA) is 84.2 Å². The zero-order valence-electron chi connectivity index (χ0n) is 13.8. The second-order valence-corrected chi connectivity index (χ2v) is 6.46. The molecule has 25 heavy (non-hydrogen) atoms. The molecular weight excluding hydrogens is 365 g/mol. The van der Waals surface area contributed by atoms with Crippen molar-refractivity contribution in [1.82, 2.24) is 15.1 Å². The molecule has 0 bridgehead atoms. The van der Waals surface area contributed by atoms with Crippen LogP contribution in [-0.2, 0) is 4.79 Å². The molecule has 2 rings (SSSR count). The molecule has 2 N–H and O–H groups in total. The van der Waals surface area contributed by atoms with Gasteiger partial charge in [-0.05, 0) is 44.0 Å². The molecule has 0 saturated heterocycles. The van der Waals surface area contributed by atoms with Crippen molar-refractivity contribution < 1.29 is 14.7 Å². The van der Waals surface area contributed by atoms with Gasteiger partial charge in [0, 0.05) is 18.7 Å². The fourth-order valence-electron chi connectivity index (χ4n) is 2.33. The van der Waals surface area contributed by atoms with Gasteiger partial charge in [0.25, 0.3) is 5.91 Å². The summed E-state index contributed by atoms with van der Waals surface area (Å²) in [6, 6.07) is 6.84. The molecule has 1 heterocycles. The molecule has 0 saturated carbocycles. The first-order valence-electron chi connectivity index (χ1n) is 7.90. The highest BCUT2D eigenvalue weighted by Crippen LogP contribution is 2.25. The minimum atomic E-state index is -0.799. The highest BCUT2D eigenvalue weighted by Gasteiger charge is 2.13. The van der Waals surface area contributed by atoms with E-state index in [1.165, 1.54) is 0 Å². The van der Waals surface area contributed by atoms with Crippen LogP contribution < -0.4 is 5.32 Å². The highest BCUT2D eigenvalue weighted by molar-refractivity contribution is 6.42. The van der Waals surface area contributed by atoms with E-state index in [4.69, 9.17) is 28.3 Å². The lowest BCUT2D eigenvalue weighted by atomic mass is 10.2. The number of nitrogens with zero attached hydrogens (tertiary/aromatic N) is 2. The molecule has 6 nitrogen and oxygen atoms in total. The maximum absolute atomic E-state index is 12.2. The zero-order chi connectivity index (χ0) is 18.4. The molecule has 0 radical (unpaired) electrons. The molecule has 0 spiro atoms. The molecule has 8 heteroatoms. The van der Waals surface area contributed by atoms with Crippen molar-refractivity contribution in [2.75, 3.05) is 6.54 Å². The van der Waals surface area contributed by atoms with E-state index >= 15 is 0 Å². The van der Waals surface area contributed by atoms with E-state index in [0.29, 0.717) is 28.7 Å². The lowest BCUT2D eigenvalue weighted by Crippen LogP contribution is -2.25. The largest absolute Gasteiger partial charge is 0.481 e. The summed E-state index contributed by atoms with van der Waals surface area (Å²) in [6.07, 6.45) is 2.24. The van der Waals surface area contributed by atoms with Gasteiger partial charge >= 0.3 is 5.97 Å². The lowest BCUT2D eigenvalue weighted by Gasteiger charge is -2.05. The Kier molecular flexibility index (Phi) is 6.84. The number of carbonyl (C=O) groups excluding carboxylic acids is 1. The maximum atomic E-state index is 12.2. The smallest absolute Gasteiger partial charge is 0.303 e. The Morgan fingerprint density at radius 2 is 1.92 bits per heavy atom. The Balaban J connectivity index is 1.93. The van der Waals surface area contributed by atoms with Gasteiger partial charge in [-0.15, -0.1) is 0 Å². The van der Waals surface area contributed by atoms with Crippen LogP contribution in [0.2, 0.25) is 10.0 Å². The van der Waals surface area contributed by atoms with Gasteiger partial charge in [0.1, 0.15) is 0 Å². The molecule has 0 fully saturated rings. The predicted octanol–water partition coefficient (Wildman–Crippen LogP) is 3.86. The minimum Gasteiger partial charge on any atom is -0.481 e. The first kappa shape index (κ1) is 19.3. The van der Waals surface area contributed by atoms with Crippen LogP contribution in [0.4, 0.5) is 0 Å². The van der Waals surface area contributed by atoms with Crippen molar-refractivity contribution in [2.24, 2.45) is 0 Å². The maximum Gasteiger partial charge on any atom is 0.303 e. The Hall–Kier alpha value is -2.05. The predicted molar refractivity (Wildman–Crippen MR) is 96.8 cm³/mol. The van der Waals surface area contributed by atoms with E-state index in [-0.39, 0.29) is 12.3 Å². The van der Waals surface area contributed by atoms with Crippen molar-refractivity contribution in [3.8, 4) is 5.69 Å². The number of aliphatic carboxylic acids is 1. The van der Waals surface area contributed by atoms with Crippen molar-refractivity contribution in [2.45, 2.75) is 32.6 Å². The third kappa shape index (κ3) is 5.47. The van der Waals surface area contributed by atoms with E-state index in [1.807, 2.05) is 6.92 Å². The quantitative estimate of drug-likeness (QED) is 0.677. The minimum absolute atomic E-state index is 0.154. The van der Waals surface area contributed by atoms with Crippen molar-refractivity contribution >= 4 is 35.1 Å². The van der Waals surface area contributed by atoms with Crippen LogP contribution in [-0.4, -0.2) is 33.3 Å². The van der Waals surface area contributed by atoms with Gasteiger partial charge in [-0.1, -0.05) is 29.6 Å². The van der Waals surface area contributed by atoms with Crippen molar-refractivity contribution in [1.29, 1.82) is 0 Å². The van der Waals surface area contributed by atoms with Crippen LogP contribution in [0.15, 0.2) is 24.3 Å². The normalized spacial score (nSPS) is 10.7. The van der Waals surface area contributed by atoms with Crippen LogP contribution in [0.25, 0.3) is 5.69 Å². The Morgan fingerprint density at radius 3 is 2.60 bits per heavy atom. The highest BCUT2D eigenvalue weighted by atomic mass is 35.5. The summed E-state index contributed by atoms with van der Waals surface area (Å²) in [4.78, 5) is 22.6. The van der Waals surface area contributed by atoms with Crippen LogP contribution >= 0.6 is 23.2 Å². The molecule has 2 aromatic rings. The van der Waals surface area contributed by atoms with E-state index in [2.05, 4.69) is 10.4 Å². The third-order valence-electron chi connectivity index (χ3n) is 3.62. The second kappa shape index (κ2) is 8.87. The number of rotatable bonds is 8. The summed E-state index contributed by atoms with van der Waals surface area (Å²) in [6.45, 7) is 2.33.